The minimum atomic E-state index is -0.109. The molecule has 0 aliphatic rings. The Bertz CT molecular complexity index is 457. The Kier molecular flexibility index (Phi) is 6.84. The molecule has 19 heavy (non-hydrogen) atoms. The fourth-order valence-electron chi connectivity index (χ4n) is 1.57. The molecule has 2 N–H and O–H groups in total. The Morgan fingerprint density at radius 2 is 2.21 bits per heavy atom. The van der Waals surface area contributed by atoms with Crippen molar-refractivity contribution in [1.29, 1.82) is 0 Å². The van der Waals surface area contributed by atoms with E-state index in [0.717, 1.165) is 6.54 Å². The van der Waals surface area contributed by atoms with Crippen molar-refractivity contribution < 1.29 is 9.53 Å². The van der Waals surface area contributed by atoms with Gasteiger partial charge in [0, 0.05) is 38.9 Å². The van der Waals surface area contributed by atoms with Gasteiger partial charge in [-0.2, -0.15) is 0 Å². The molecule has 0 radical (unpaired) electrons. The number of amides is 1. The van der Waals surface area contributed by atoms with E-state index >= 15 is 0 Å². The predicted molar refractivity (Wildman–Crippen MR) is 74.4 cm³/mol. The Labute approximate surface area is 112 Å². The average Bonchev–Trinajstić information content (AvgIpc) is 2.39. The van der Waals surface area contributed by atoms with E-state index in [9.17, 15) is 9.59 Å². The third-order valence-electron chi connectivity index (χ3n) is 2.58. The predicted octanol–water partition coefficient (Wildman–Crippen LogP) is 0.433. The van der Waals surface area contributed by atoms with Gasteiger partial charge in [0.15, 0.2) is 0 Å². The van der Waals surface area contributed by atoms with Crippen molar-refractivity contribution in [2.24, 2.45) is 0 Å². The summed E-state index contributed by atoms with van der Waals surface area (Å²) < 4.78 is 6.45. The molecule has 0 aliphatic heterocycles. The quantitative estimate of drug-likeness (QED) is 0.670. The molecule has 0 unspecified atom stereocenters. The summed E-state index contributed by atoms with van der Waals surface area (Å²) in [6.07, 6.45) is 2.04. The first-order valence-corrected chi connectivity index (χ1v) is 6.37. The van der Waals surface area contributed by atoms with E-state index in [0.29, 0.717) is 31.8 Å². The standard InChI is InChI=1S/C13H21N3O3/c1-3-14-7-6-12(17)15-11-4-5-13(18)16(10-11)8-9-19-2/h4-5,10,14H,3,6-9H2,1-2H3,(H,15,17). The van der Waals surface area contributed by atoms with Crippen molar-refractivity contribution in [1.82, 2.24) is 9.88 Å². The molecular formula is C13H21N3O3. The summed E-state index contributed by atoms with van der Waals surface area (Å²) in [5, 5.41) is 5.85. The fourth-order valence-corrected chi connectivity index (χ4v) is 1.57. The van der Waals surface area contributed by atoms with E-state index in [-0.39, 0.29) is 11.5 Å². The number of anilines is 1. The highest BCUT2D eigenvalue weighted by molar-refractivity contribution is 5.90. The van der Waals surface area contributed by atoms with Crippen LogP contribution in [0.4, 0.5) is 5.69 Å². The molecule has 1 amide bonds. The van der Waals surface area contributed by atoms with E-state index in [1.807, 2.05) is 6.92 Å². The van der Waals surface area contributed by atoms with E-state index in [1.165, 1.54) is 10.6 Å². The third kappa shape index (κ3) is 5.67. The number of carbonyl (C=O) groups excluding carboxylic acids is 1. The van der Waals surface area contributed by atoms with Gasteiger partial charge in [-0.1, -0.05) is 6.92 Å². The van der Waals surface area contributed by atoms with Gasteiger partial charge in [-0.15, -0.1) is 0 Å². The lowest BCUT2D eigenvalue weighted by atomic mass is 10.3. The smallest absolute Gasteiger partial charge is 0.250 e. The van der Waals surface area contributed by atoms with Gasteiger partial charge >= 0.3 is 0 Å². The Hall–Kier alpha value is -1.66. The van der Waals surface area contributed by atoms with Gasteiger partial charge in [-0.25, -0.2) is 0 Å². The van der Waals surface area contributed by atoms with Gasteiger partial charge in [-0.3, -0.25) is 9.59 Å². The molecule has 6 heteroatoms. The highest BCUT2D eigenvalue weighted by Gasteiger charge is 2.03. The molecule has 0 bridgehead atoms. The minimum Gasteiger partial charge on any atom is -0.383 e. The van der Waals surface area contributed by atoms with Crippen LogP contribution >= 0.6 is 0 Å². The molecule has 106 valence electrons. The zero-order chi connectivity index (χ0) is 14.1. The Morgan fingerprint density at radius 3 is 2.89 bits per heavy atom. The Balaban J connectivity index is 2.58. The zero-order valence-electron chi connectivity index (χ0n) is 11.4. The molecule has 0 atom stereocenters. The van der Waals surface area contributed by atoms with E-state index < -0.39 is 0 Å². The number of nitrogens with zero attached hydrogens (tertiary/aromatic N) is 1. The maximum Gasteiger partial charge on any atom is 0.250 e. The lowest BCUT2D eigenvalue weighted by molar-refractivity contribution is -0.116. The van der Waals surface area contributed by atoms with Crippen molar-refractivity contribution in [3.8, 4) is 0 Å². The van der Waals surface area contributed by atoms with Crippen molar-refractivity contribution in [3.05, 3.63) is 28.7 Å². The number of rotatable bonds is 8. The van der Waals surface area contributed by atoms with E-state index in [4.69, 9.17) is 4.74 Å². The van der Waals surface area contributed by atoms with Crippen molar-refractivity contribution in [2.45, 2.75) is 19.9 Å². The lowest BCUT2D eigenvalue weighted by Gasteiger charge is -2.09. The highest BCUT2D eigenvalue weighted by Crippen LogP contribution is 2.03. The van der Waals surface area contributed by atoms with Gasteiger partial charge in [0.1, 0.15) is 0 Å². The summed E-state index contributed by atoms with van der Waals surface area (Å²) in [6, 6.07) is 3.05. The van der Waals surface area contributed by atoms with E-state index in [1.54, 1.807) is 19.4 Å². The van der Waals surface area contributed by atoms with Crippen LogP contribution in [-0.4, -0.2) is 37.3 Å². The van der Waals surface area contributed by atoms with Crippen LogP contribution < -0.4 is 16.2 Å². The first-order chi connectivity index (χ1) is 9.17. The van der Waals surface area contributed by atoms with Crippen molar-refractivity contribution in [3.63, 3.8) is 0 Å². The number of ether oxygens (including phenoxy) is 1. The van der Waals surface area contributed by atoms with Crippen molar-refractivity contribution >= 4 is 11.6 Å². The first-order valence-electron chi connectivity index (χ1n) is 6.37. The maximum atomic E-state index is 11.6. The molecular weight excluding hydrogens is 246 g/mol. The van der Waals surface area contributed by atoms with Crippen LogP contribution in [-0.2, 0) is 16.1 Å². The van der Waals surface area contributed by atoms with Crippen LogP contribution in [0.25, 0.3) is 0 Å². The van der Waals surface area contributed by atoms with E-state index in [2.05, 4.69) is 10.6 Å². The number of aromatic nitrogens is 1. The second-order valence-electron chi connectivity index (χ2n) is 4.09. The molecule has 0 saturated carbocycles. The van der Waals surface area contributed by atoms with Crippen LogP contribution in [0.5, 0.6) is 0 Å². The fraction of sp³-hybridized carbons (Fsp3) is 0.538. The second kappa shape index (κ2) is 8.44. The van der Waals surface area contributed by atoms with Crippen LogP contribution in [0.2, 0.25) is 0 Å². The molecule has 0 aromatic carbocycles. The Morgan fingerprint density at radius 1 is 1.42 bits per heavy atom. The van der Waals surface area contributed by atoms with Gasteiger partial charge in [0.25, 0.3) is 5.56 Å². The summed E-state index contributed by atoms with van der Waals surface area (Å²) in [7, 11) is 1.58. The number of hydrogen-bond acceptors (Lipinski definition) is 4. The largest absolute Gasteiger partial charge is 0.383 e. The topological polar surface area (TPSA) is 72.4 Å². The average molecular weight is 267 g/mol. The molecule has 1 heterocycles. The summed E-state index contributed by atoms with van der Waals surface area (Å²) in [4.78, 5) is 23.2. The van der Waals surface area contributed by atoms with Crippen LogP contribution in [0.3, 0.4) is 0 Å². The van der Waals surface area contributed by atoms with Crippen LogP contribution in [0, 0.1) is 0 Å². The normalized spacial score (nSPS) is 10.4. The molecule has 1 aromatic heterocycles. The summed E-state index contributed by atoms with van der Waals surface area (Å²) in [6.45, 7) is 4.40. The number of carbonyl (C=O) groups is 1. The summed E-state index contributed by atoms with van der Waals surface area (Å²) in [5.41, 5.74) is 0.514. The number of nitrogens with one attached hydrogen (secondary N) is 2. The number of methoxy groups -OCH3 is 1. The van der Waals surface area contributed by atoms with Gasteiger partial charge in [0.05, 0.1) is 12.3 Å². The minimum absolute atomic E-state index is 0.0714. The maximum absolute atomic E-state index is 11.6. The molecule has 0 spiro atoms. The SMILES string of the molecule is CCNCCC(=O)Nc1ccc(=O)n(CCOC)c1. The molecule has 0 aliphatic carbocycles. The van der Waals surface area contributed by atoms with Crippen LogP contribution in [0.1, 0.15) is 13.3 Å². The highest BCUT2D eigenvalue weighted by atomic mass is 16.5. The van der Waals surface area contributed by atoms with Gasteiger partial charge in [0.2, 0.25) is 5.91 Å². The molecule has 6 nitrogen and oxygen atoms in total. The van der Waals surface area contributed by atoms with Crippen LogP contribution in [0.15, 0.2) is 23.1 Å². The summed E-state index contributed by atoms with van der Waals surface area (Å²) >= 11 is 0. The third-order valence-corrected chi connectivity index (χ3v) is 2.58. The molecule has 1 rings (SSSR count). The zero-order valence-corrected chi connectivity index (χ0v) is 11.4. The molecule has 0 fully saturated rings. The van der Waals surface area contributed by atoms with Crippen molar-refractivity contribution in [2.75, 3.05) is 32.1 Å². The number of hydrogen-bond donors (Lipinski definition) is 2. The first kappa shape index (κ1) is 15.4. The monoisotopic (exact) mass is 267 g/mol. The molecule has 1 aromatic rings. The number of pyridine rings is 1. The summed E-state index contributed by atoms with van der Waals surface area (Å²) in [5.74, 6) is -0.0714. The molecule has 0 saturated heterocycles. The van der Waals surface area contributed by atoms with Gasteiger partial charge in [-0.05, 0) is 12.6 Å². The second-order valence-corrected chi connectivity index (χ2v) is 4.09. The lowest BCUT2D eigenvalue weighted by Crippen LogP contribution is -2.24. The van der Waals surface area contributed by atoms with Gasteiger partial charge < -0.3 is 19.9 Å².